The second kappa shape index (κ2) is 3.88. The van der Waals surface area contributed by atoms with Crippen LogP contribution in [0.15, 0.2) is 55.1 Å². The lowest BCUT2D eigenvalue weighted by Gasteiger charge is -2.03. The molecule has 2 heterocycles. The fraction of sp³-hybridized carbons (Fsp3) is 0. The van der Waals surface area contributed by atoms with E-state index in [1.165, 1.54) is 18.0 Å². The van der Waals surface area contributed by atoms with Crippen molar-refractivity contribution in [3.63, 3.8) is 0 Å². The van der Waals surface area contributed by atoms with Crippen LogP contribution in [0.4, 0.5) is 0 Å². The van der Waals surface area contributed by atoms with Crippen molar-refractivity contribution in [3.8, 4) is 5.95 Å². The van der Waals surface area contributed by atoms with Crippen LogP contribution in [0.25, 0.3) is 27.8 Å². The minimum Gasteiger partial charge on any atom is -0.277 e. The number of aromatic nitrogens is 4. The molecule has 4 heteroatoms. The van der Waals surface area contributed by atoms with Crippen LogP contribution in [0.5, 0.6) is 0 Å². The highest BCUT2D eigenvalue weighted by atomic mass is 15.2. The molecule has 4 rings (SSSR count). The van der Waals surface area contributed by atoms with Crippen molar-refractivity contribution >= 4 is 21.8 Å². The molecule has 0 aliphatic carbocycles. The van der Waals surface area contributed by atoms with E-state index in [2.05, 4.69) is 39.2 Å². The van der Waals surface area contributed by atoms with Gasteiger partial charge in [-0.15, -0.1) is 0 Å². The Kier molecular flexibility index (Phi) is 2.08. The predicted octanol–water partition coefficient (Wildman–Crippen LogP) is 2.77. The van der Waals surface area contributed by atoms with E-state index >= 15 is 0 Å². The molecule has 0 unspecified atom stereocenters. The maximum Gasteiger partial charge on any atom is 0.237 e. The molecule has 0 saturated carbocycles. The Morgan fingerprint density at radius 2 is 1.68 bits per heavy atom. The number of para-hydroxylation sites is 2. The van der Waals surface area contributed by atoms with Gasteiger partial charge in [0.15, 0.2) is 0 Å². The molecule has 0 N–H and O–H groups in total. The molecule has 2 aromatic carbocycles. The van der Waals surface area contributed by atoms with Gasteiger partial charge in [-0.25, -0.2) is 15.0 Å². The van der Waals surface area contributed by atoms with E-state index < -0.39 is 0 Å². The van der Waals surface area contributed by atoms with Crippen LogP contribution in [0.1, 0.15) is 0 Å². The van der Waals surface area contributed by atoms with Crippen molar-refractivity contribution < 1.29 is 0 Å². The first-order valence-electron chi connectivity index (χ1n) is 5.97. The van der Waals surface area contributed by atoms with Crippen LogP contribution < -0.4 is 0 Å². The zero-order valence-electron chi connectivity index (χ0n) is 9.99. The van der Waals surface area contributed by atoms with Gasteiger partial charge in [-0.1, -0.05) is 36.4 Å². The van der Waals surface area contributed by atoms with Gasteiger partial charge in [0.25, 0.3) is 0 Å². The zero-order chi connectivity index (χ0) is 12.7. The van der Waals surface area contributed by atoms with E-state index in [0.29, 0.717) is 5.95 Å². The van der Waals surface area contributed by atoms with Crippen molar-refractivity contribution in [2.75, 3.05) is 0 Å². The number of nitrogens with zero attached hydrogens (tertiary/aromatic N) is 4. The second-order valence-corrected chi connectivity index (χ2v) is 4.22. The SMILES string of the molecule is [c]1cccc2c3ccccc3n(-c3ncncn3)c12. The molecule has 1 radical (unpaired) electrons. The molecule has 19 heavy (non-hydrogen) atoms. The fourth-order valence-electron chi connectivity index (χ4n) is 2.40. The Morgan fingerprint density at radius 3 is 2.58 bits per heavy atom. The third-order valence-electron chi connectivity index (χ3n) is 3.17. The molecule has 0 aliphatic heterocycles. The third-order valence-corrected chi connectivity index (χ3v) is 3.17. The summed E-state index contributed by atoms with van der Waals surface area (Å²) in [5, 5.41) is 2.33. The number of rotatable bonds is 1. The van der Waals surface area contributed by atoms with Gasteiger partial charge in [0.05, 0.1) is 11.0 Å². The highest BCUT2D eigenvalue weighted by Gasteiger charge is 2.12. The van der Waals surface area contributed by atoms with Crippen LogP contribution in [0.2, 0.25) is 0 Å². The van der Waals surface area contributed by atoms with E-state index in [4.69, 9.17) is 0 Å². The van der Waals surface area contributed by atoms with Crippen LogP contribution in [-0.4, -0.2) is 19.5 Å². The summed E-state index contributed by atoms with van der Waals surface area (Å²) >= 11 is 0. The van der Waals surface area contributed by atoms with Crippen molar-refractivity contribution in [1.29, 1.82) is 0 Å². The lowest BCUT2D eigenvalue weighted by Crippen LogP contribution is -2.00. The number of hydrogen-bond acceptors (Lipinski definition) is 3. The maximum absolute atomic E-state index is 4.24. The Morgan fingerprint density at radius 1 is 0.895 bits per heavy atom. The molecule has 4 aromatic rings. The lowest BCUT2D eigenvalue weighted by atomic mass is 10.2. The average molecular weight is 245 g/mol. The first-order chi connectivity index (χ1) is 9.45. The van der Waals surface area contributed by atoms with Crippen LogP contribution >= 0.6 is 0 Å². The van der Waals surface area contributed by atoms with E-state index in [9.17, 15) is 0 Å². The number of benzene rings is 2. The summed E-state index contributed by atoms with van der Waals surface area (Å²) in [6, 6.07) is 17.5. The highest BCUT2D eigenvalue weighted by Crippen LogP contribution is 2.29. The molecule has 0 amide bonds. The molecule has 2 aromatic heterocycles. The largest absolute Gasteiger partial charge is 0.277 e. The number of fused-ring (bicyclic) bond motifs is 3. The molecule has 0 bridgehead atoms. The van der Waals surface area contributed by atoms with E-state index in [-0.39, 0.29) is 0 Å². The van der Waals surface area contributed by atoms with Crippen LogP contribution in [0.3, 0.4) is 0 Å². The molecule has 0 fully saturated rings. The van der Waals surface area contributed by atoms with Gasteiger partial charge in [0.1, 0.15) is 12.7 Å². The van der Waals surface area contributed by atoms with Gasteiger partial charge in [0, 0.05) is 16.8 Å². The summed E-state index contributed by atoms with van der Waals surface area (Å²) in [7, 11) is 0. The Hall–Kier alpha value is -2.75. The van der Waals surface area contributed by atoms with Crippen LogP contribution in [0, 0.1) is 6.07 Å². The number of hydrogen-bond donors (Lipinski definition) is 0. The van der Waals surface area contributed by atoms with Gasteiger partial charge in [-0.05, 0) is 6.07 Å². The Bertz CT molecular complexity index is 812. The summed E-state index contributed by atoms with van der Waals surface area (Å²) in [5.41, 5.74) is 2.06. The van der Waals surface area contributed by atoms with Crippen molar-refractivity contribution in [2.45, 2.75) is 0 Å². The zero-order valence-corrected chi connectivity index (χ0v) is 9.99. The topological polar surface area (TPSA) is 43.6 Å². The summed E-state index contributed by atoms with van der Waals surface area (Å²) in [5.74, 6) is 0.614. The van der Waals surface area contributed by atoms with Gasteiger partial charge in [-0.3, -0.25) is 4.57 Å². The predicted molar refractivity (Wildman–Crippen MR) is 73.0 cm³/mol. The van der Waals surface area contributed by atoms with Gasteiger partial charge < -0.3 is 0 Å². The summed E-state index contributed by atoms with van der Waals surface area (Å²) in [6.45, 7) is 0. The monoisotopic (exact) mass is 245 g/mol. The third kappa shape index (κ3) is 1.43. The fourth-order valence-corrected chi connectivity index (χ4v) is 2.40. The summed E-state index contributed by atoms with van der Waals surface area (Å²) in [6.07, 6.45) is 3.01. The maximum atomic E-state index is 4.24. The molecule has 0 spiro atoms. The van der Waals surface area contributed by atoms with E-state index in [1.54, 1.807) is 0 Å². The summed E-state index contributed by atoms with van der Waals surface area (Å²) in [4.78, 5) is 12.4. The highest BCUT2D eigenvalue weighted by molar-refractivity contribution is 6.08. The Labute approximate surface area is 109 Å². The van der Waals surface area contributed by atoms with E-state index in [1.807, 2.05) is 28.8 Å². The molecule has 0 atom stereocenters. The summed E-state index contributed by atoms with van der Waals surface area (Å²) < 4.78 is 2.01. The van der Waals surface area contributed by atoms with E-state index in [0.717, 1.165) is 16.4 Å². The quantitative estimate of drug-likeness (QED) is 0.518. The molecule has 0 saturated heterocycles. The molecular formula is C15H9N4. The molecule has 4 nitrogen and oxygen atoms in total. The first-order valence-corrected chi connectivity index (χ1v) is 5.97. The average Bonchev–Trinajstić information content (AvgIpc) is 2.83. The van der Waals surface area contributed by atoms with Crippen molar-refractivity contribution in [2.24, 2.45) is 0 Å². The first kappa shape index (κ1) is 10.2. The smallest absolute Gasteiger partial charge is 0.237 e. The minimum atomic E-state index is 0.614. The van der Waals surface area contributed by atoms with Crippen molar-refractivity contribution in [3.05, 3.63) is 61.2 Å². The molecule has 89 valence electrons. The standard InChI is InChI=1S/C15H9N4/c1-3-7-13-11(5-1)12-6-2-4-8-14(12)19(13)15-17-9-16-10-18-15/h1-7,9-10H. The normalized spacial score (nSPS) is 11.2. The molecule has 0 aliphatic rings. The van der Waals surface area contributed by atoms with Gasteiger partial charge in [-0.2, -0.15) is 0 Å². The van der Waals surface area contributed by atoms with Gasteiger partial charge >= 0.3 is 0 Å². The lowest BCUT2D eigenvalue weighted by molar-refractivity contribution is 0.939. The molecular weight excluding hydrogens is 236 g/mol. The van der Waals surface area contributed by atoms with Crippen LogP contribution in [-0.2, 0) is 0 Å². The second-order valence-electron chi connectivity index (χ2n) is 4.22. The van der Waals surface area contributed by atoms with Gasteiger partial charge in [0.2, 0.25) is 5.95 Å². The van der Waals surface area contributed by atoms with Crippen molar-refractivity contribution in [1.82, 2.24) is 19.5 Å². The minimum absolute atomic E-state index is 0.614. The Balaban J connectivity index is 2.24.